The fourth-order valence-electron chi connectivity index (χ4n) is 1.37. The molecule has 0 aromatic carbocycles. The molecule has 0 radical (unpaired) electrons. The van der Waals surface area contributed by atoms with Crippen molar-refractivity contribution in [2.75, 3.05) is 7.11 Å². The van der Waals surface area contributed by atoms with Gasteiger partial charge in [0.2, 0.25) is 0 Å². The van der Waals surface area contributed by atoms with Gasteiger partial charge >= 0.3 is 5.97 Å². The van der Waals surface area contributed by atoms with Gasteiger partial charge in [0, 0.05) is 0 Å². The summed E-state index contributed by atoms with van der Waals surface area (Å²) in [6.07, 6.45) is 0.372. The second kappa shape index (κ2) is 3.70. The summed E-state index contributed by atoms with van der Waals surface area (Å²) < 4.78 is 4.54. The van der Waals surface area contributed by atoms with E-state index in [1.165, 1.54) is 13.2 Å². The van der Waals surface area contributed by atoms with Gasteiger partial charge in [-0.15, -0.1) is 0 Å². The summed E-state index contributed by atoms with van der Waals surface area (Å²) >= 11 is 0. The van der Waals surface area contributed by atoms with Gasteiger partial charge in [-0.3, -0.25) is 9.59 Å². The largest absolute Gasteiger partial charge is 0.469 e. The summed E-state index contributed by atoms with van der Waals surface area (Å²) in [5.41, 5.74) is 0.655. The smallest absolute Gasteiger partial charge is 0.312 e. The highest BCUT2D eigenvalue weighted by Gasteiger charge is 2.31. The molecule has 0 aliphatic heterocycles. The van der Waals surface area contributed by atoms with Gasteiger partial charge in [-0.05, 0) is 19.4 Å². The number of carbonyl (C=O) groups excluding carboxylic acids is 2. The van der Waals surface area contributed by atoms with Crippen molar-refractivity contribution in [3.63, 3.8) is 0 Å². The summed E-state index contributed by atoms with van der Waals surface area (Å²) in [6, 6.07) is 0. The van der Waals surface area contributed by atoms with Crippen molar-refractivity contribution in [1.82, 2.24) is 0 Å². The maximum absolute atomic E-state index is 11.1. The average molecular weight is 184 g/mol. The Morgan fingerprint density at radius 1 is 1.69 bits per heavy atom. The van der Waals surface area contributed by atoms with Crippen LogP contribution in [-0.2, 0) is 14.3 Å². The van der Waals surface area contributed by atoms with Crippen molar-refractivity contribution >= 4 is 11.8 Å². The topological polar surface area (TPSA) is 63.6 Å². The Hall–Kier alpha value is -1.16. The highest BCUT2D eigenvalue weighted by molar-refractivity contribution is 5.96. The zero-order valence-corrected chi connectivity index (χ0v) is 7.61. The summed E-state index contributed by atoms with van der Waals surface area (Å²) in [5, 5.41) is 9.21. The van der Waals surface area contributed by atoms with Gasteiger partial charge in [-0.25, -0.2) is 0 Å². The lowest BCUT2D eigenvalue weighted by Crippen LogP contribution is -2.32. The molecule has 4 nitrogen and oxygen atoms in total. The second-order valence-electron chi connectivity index (χ2n) is 3.12. The molecule has 0 aromatic rings. The summed E-state index contributed by atoms with van der Waals surface area (Å²) in [4.78, 5) is 22.1. The SMILES string of the molecule is COC(=O)[C@@H]1C[C@@H](O)C(=O)C=C1C. The number of carbonyl (C=O) groups is 2. The number of aliphatic hydroxyl groups is 1. The van der Waals surface area contributed by atoms with E-state index in [4.69, 9.17) is 0 Å². The van der Waals surface area contributed by atoms with E-state index < -0.39 is 18.0 Å². The van der Waals surface area contributed by atoms with E-state index in [0.29, 0.717) is 5.57 Å². The number of rotatable bonds is 1. The first-order valence-corrected chi connectivity index (χ1v) is 4.04. The highest BCUT2D eigenvalue weighted by atomic mass is 16.5. The van der Waals surface area contributed by atoms with Crippen LogP contribution in [0.1, 0.15) is 13.3 Å². The normalized spacial score (nSPS) is 28.2. The Bertz CT molecular complexity index is 267. The first-order chi connectivity index (χ1) is 6.06. The number of aliphatic hydroxyl groups excluding tert-OH is 1. The molecule has 0 saturated carbocycles. The standard InChI is InChI=1S/C9H12O4/c1-5-3-7(10)8(11)4-6(5)9(12)13-2/h3,6,8,11H,4H2,1-2H3/t6-,8-/m1/s1. The molecule has 1 N–H and O–H groups in total. The Labute approximate surface area is 76.2 Å². The van der Waals surface area contributed by atoms with Gasteiger partial charge in [0.05, 0.1) is 13.0 Å². The first kappa shape index (κ1) is 9.92. The quantitative estimate of drug-likeness (QED) is 0.585. The third-order valence-corrected chi connectivity index (χ3v) is 2.19. The molecule has 0 spiro atoms. The lowest BCUT2D eigenvalue weighted by molar-refractivity contribution is -0.145. The van der Waals surface area contributed by atoms with Crippen LogP contribution in [0.4, 0.5) is 0 Å². The summed E-state index contributed by atoms with van der Waals surface area (Å²) in [7, 11) is 1.29. The van der Waals surface area contributed by atoms with Crippen molar-refractivity contribution in [2.45, 2.75) is 19.4 Å². The van der Waals surface area contributed by atoms with E-state index in [1.807, 2.05) is 0 Å². The van der Waals surface area contributed by atoms with Crippen LogP contribution < -0.4 is 0 Å². The highest BCUT2D eigenvalue weighted by Crippen LogP contribution is 2.23. The first-order valence-electron chi connectivity index (χ1n) is 4.04. The number of methoxy groups -OCH3 is 1. The molecule has 0 aromatic heterocycles. The summed E-state index contributed by atoms with van der Waals surface area (Å²) in [6.45, 7) is 1.69. The molecular weight excluding hydrogens is 172 g/mol. The predicted molar refractivity (Wildman–Crippen MR) is 44.9 cm³/mol. The van der Waals surface area contributed by atoms with Gasteiger partial charge in [-0.1, -0.05) is 5.57 Å². The monoisotopic (exact) mass is 184 g/mol. The van der Waals surface area contributed by atoms with Crippen LogP contribution in [0.5, 0.6) is 0 Å². The third kappa shape index (κ3) is 1.95. The number of hydrogen-bond donors (Lipinski definition) is 1. The molecule has 0 saturated heterocycles. The van der Waals surface area contributed by atoms with E-state index in [1.54, 1.807) is 6.92 Å². The fourth-order valence-corrected chi connectivity index (χ4v) is 1.37. The lowest BCUT2D eigenvalue weighted by atomic mass is 9.86. The maximum atomic E-state index is 11.1. The average Bonchev–Trinajstić information content (AvgIpc) is 2.10. The van der Waals surface area contributed by atoms with Gasteiger partial charge in [0.25, 0.3) is 0 Å². The van der Waals surface area contributed by atoms with E-state index in [0.717, 1.165) is 0 Å². The number of hydrogen-bond acceptors (Lipinski definition) is 4. The van der Waals surface area contributed by atoms with Crippen molar-refractivity contribution < 1.29 is 19.4 Å². The van der Waals surface area contributed by atoms with E-state index in [-0.39, 0.29) is 12.2 Å². The van der Waals surface area contributed by atoms with Crippen molar-refractivity contribution in [2.24, 2.45) is 5.92 Å². The molecule has 1 rings (SSSR count). The van der Waals surface area contributed by atoms with Gasteiger partial charge in [0.1, 0.15) is 6.10 Å². The molecule has 0 heterocycles. The molecule has 13 heavy (non-hydrogen) atoms. The van der Waals surface area contributed by atoms with Crippen LogP contribution in [0.3, 0.4) is 0 Å². The van der Waals surface area contributed by atoms with Crippen LogP contribution in [0.25, 0.3) is 0 Å². The Balaban J connectivity index is 2.84. The molecule has 0 fully saturated rings. The Morgan fingerprint density at radius 2 is 2.31 bits per heavy atom. The minimum absolute atomic E-state index is 0.133. The van der Waals surface area contributed by atoms with Crippen LogP contribution in [0.2, 0.25) is 0 Å². The minimum Gasteiger partial charge on any atom is -0.469 e. The number of ether oxygens (including phenoxy) is 1. The van der Waals surface area contributed by atoms with Crippen LogP contribution in [0.15, 0.2) is 11.6 Å². The molecule has 4 heteroatoms. The van der Waals surface area contributed by atoms with Crippen molar-refractivity contribution in [3.8, 4) is 0 Å². The molecule has 1 aliphatic carbocycles. The van der Waals surface area contributed by atoms with Crippen LogP contribution >= 0.6 is 0 Å². The predicted octanol–water partition coefficient (Wildman–Crippen LogP) is 0.0556. The molecule has 1 aliphatic rings. The van der Waals surface area contributed by atoms with Gasteiger partial charge in [-0.2, -0.15) is 0 Å². The third-order valence-electron chi connectivity index (χ3n) is 2.19. The zero-order chi connectivity index (χ0) is 10.0. The van der Waals surface area contributed by atoms with Crippen molar-refractivity contribution in [1.29, 1.82) is 0 Å². The minimum atomic E-state index is -1.06. The van der Waals surface area contributed by atoms with Crippen LogP contribution in [0, 0.1) is 5.92 Å². The Kier molecular flexibility index (Phi) is 2.83. The Morgan fingerprint density at radius 3 is 2.85 bits per heavy atom. The molecule has 72 valence electrons. The number of esters is 1. The summed E-state index contributed by atoms with van der Waals surface area (Å²) in [5.74, 6) is -1.21. The molecule has 2 atom stereocenters. The molecule has 0 unspecified atom stereocenters. The van der Waals surface area contributed by atoms with E-state index >= 15 is 0 Å². The maximum Gasteiger partial charge on any atom is 0.312 e. The van der Waals surface area contributed by atoms with Gasteiger partial charge in [0.15, 0.2) is 5.78 Å². The van der Waals surface area contributed by atoms with Crippen LogP contribution in [-0.4, -0.2) is 30.1 Å². The van der Waals surface area contributed by atoms with E-state index in [9.17, 15) is 14.7 Å². The zero-order valence-electron chi connectivity index (χ0n) is 7.61. The number of ketones is 1. The van der Waals surface area contributed by atoms with Gasteiger partial charge < -0.3 is 9.84 Å². The molecule has 0 bridgehead atoms. The fraction of sp³-hybridized carbons (Fsp3) is 0.556. The second-order valence-corrected chi connectivity index (χ2v) is 3.12. The molecular formula is C9H12O4. The van der Waals surface area contributed by atoms with Crippen molar-refractivity contribution in [3.05, 3.63) is 11.6 Å². The van der Waals surface area contributed by atoms with E-state index in [2.05, 4.69) is 4.74 Å². The molecule has 0 amide bonds. The lowest BCUT2D eigenvalue weighted by Gasteiger charge is -2.22.